The van der Waals surface area contributed by atoms with Gasteiger partial charge in [-0.2, -0.15) is 0 Å². The molecule has 0 radical (unpaired) electrons. The summed E-state index contributed by atoms with van der Waals surface area (Å²) >= 11 is 0. The number of aromatic hydroxyl groups is 2. The van der Waals surface area contributed by atoms with Gasteiger partial charge < -0.3 is 34.6 Å². The number of fused-ring (bicyclic) bond motifs is 2. The van der Waals surface area contributed by atoms with E-state index in [0.29, 0.717) is 35.7 Å². The molecule has 3 atom stereocenters. The van der Waals surface area contributed by atoms with Gasteiger partial charge in [0.15, 0.2) is 17.3 Å². The summed E-state index contributed by atoms with van der Waals surface area (Å²) in [5.41, 5.74) is 1.01. The molecule has 4 rings (SSSR count). The average Bonchev–Trinajstić information content (AvgIpc) is 2.74. The van der Waals surface area contributed by atoms with E-state index in [1.54, 1.807) is 26.0 Å². The van der Waals surface area contributed by atoms with Crippen LogP contribution in [0, 0.1) is 0 Å². The third-order valence-corrected chi connectivity index (χ3v) is 6.09. The number of aliphatic hydroxyl groups is 2. The Kier molecular flexibility index (Phi) is 6.22. The Balaban J connectivity index is 1.74. The van der Waals surface area contributed by atoms with Gasteiger partial charge in [0.1, 0.15) is 46.7 Å². The summed E-state index contributed by atoms with van der Waals surface area (Å²) in [7, 11) is 0. The van der Waals surface area contributed by atoms with Gasteiger partial charge in [-0.05, 0) is 51.8 Å². The van der Waals surface area contributed by atoms with Crippen molar-refractivity contribution in [2.24, 2.45) is 0 Å². The molecule has 2 aliphatic rings. The second-order valence-electron chi connectivity index (χ2n) is 9.52. The van der Waals surface area contributed by atoms with Crippen LogP contribution in [0.2, 0.25) is 0 Å². The van der Waals surface area contributed by atoms with Crippen LogP contribution in [0.4, 0.5) is 0 Å². The van der Waals surface area contributed by atoms with Crippen LogP contribution in [-0.4, -0.2) is 44.5 Å². The van der Waals surface area contributed by atoms with E-state index in [4.69, 9.17) is 14.2 Å². The zero-order chi connectivity index (χ0) is 24.8. The van der Waals surface area contributed by atoms with Crippen molar-refractivity contribution in [3.8, 4) is 28.7 Å². The van der Waals surface area contributed by atoms with E-state index in [-0.39, 0.29) is 35.0 Å². The predicted octanol–water partition coefficient (Wildman–Crippen LogP) is 4.10. The molecule has 3 unspecified atom stereocenters. The number of benzene rings is 2. The summed E-state index contributed by atoms with van der Waals surface area (Å²) in [6.07, 6.45) is -0.535. The maximum Gasteiger partial charge on any atom is 0.174 e. The Bertz CT molecular complexity index is 1150. The van der Waals surface area contributed by atoms with Crippen molar-refractivity contribution in [1.82, 2.24) is 0 Å². The molecule has 4 N–H and O–H groups in total. The van der Waals surface area contributed by atoms with Gasteiger partial charge in [-0.3, -0.25) is 4.79 Å². The normalized spacial score (nSPS) is 22.6. The molecule has 2 aliphatic heterocycles. The third kappa shape index (κ3) is 4.43. The van der Waals surface area contributed by atoms with Gasteiger partial charge in [-0.25, -0.2) is 0 Å². The minimum Gasteiger partial charge on any atom is -0.508 e. The van der Waals surface area contributed by atoms with E-state index in [9.17, 15) is 25.2 Å². The molecule has 0 saturated carbocycles. The number of allylic oxidation sites excluding steroid dienone is 1. The zero-order valence-corrected chi connectivity index (χ0v) is 19.7. The lowest BCUT2D eigenvalue weighted by atomic mass is 9.86. The topological polar surface area (TPSA) is 126 Å². The highest BCUT2D eigenvalue weighted by atomic mass is 16.5. The summed E-state index contributed by atoms with van der Waals surface area (Å²) < 4.78 is 18.0. The minimum atomic E-state index is -1.24. The van der Waals surface area contributed by atoms with Crippen molar-refractivity contribution in [3.63, 3.8) is 0 Å². The second kappa shape index (κ2) is 8.85. The molecule has 0 spiro atoms. The van der Waals surface area contributed by atoms with Crippen molar-refractivity contribution in [2.45, 2.75) is 64.4 Å². The molecule has 2 aromatic carbocycles. The molecular formula is C26H30O8. The molecule has 0 saturated heterocycles. The lowest BCUT2D eigenvalue weighted by Crippen LogP contribution is -2.48. The number of aliphatic hydroxyl groups excluding tert-OH is 2. The van der Waals surface area contributed by atoms with E-state index in [1.165, 1.54) is 6.07 Å². The molecule has 2 heterocycles. The van der Waals surface area contributed by atoms with Crippen LogP contribution in [0.1, 0.15) is 74.2 Å². The lowest BCUT2D eigenvalue weighted by Gasteiger charge is -2.41. The van der Waals surface area contributed by atoms with E-state index in [0.717, 1.165) is 11.6 Å². The van der Waals surface area contributed by atoms with E-state index in [2.05, 4.69) is 0 Å². The first-order chi connectivity index (χ1) is 16.0. The number of ketones is 1. The van der Waals surface area contributed by atoms with Gasteiger partial charge in [0.25, 0.3) is 0 Å². The maximum absolute atomic E-state index is 12.8. The monoisotopic (exact) mass is 470 g/mol. The Morgan fingerprint density at radius 1 is 1.18 bits per heavy atom. The highest BCUT2D eigenvalue weighted by molar-refractivity contribution is 6.02. The van der Waals surface area contributed by atoms with Crippen molar-refractivity contribution in [3.05, 3.63) is 52.6 Å². The molecule has 2 aromatic rings. The third-order valence-electron chi connectivity index (χ3n) is 6.09. The van der Waals surface area contributed by atoms with Crippen LogP contribution >= 0.6 is 0 Å². The maximum atomic E-state index is 12.8. The number of Topliss-reactive ketones (excluding diaryl/α,β-unsaturated/α-hetero) is 1. The standard InChI is InChI=1S/C26H30O8/c1-13(2)6-5-7-32-21-9-14(8-16-23(30)25(31)26(3,4)34-24(16)21)19-12-18(29)22-17(28)10-15(27)11-20(22)33-19/h6,8-11,19,23,25,27-28,30-31H,5,7,12H2,1-4H3. The van der Waals surface area contributed by atoms with Crippen LogP contribution < -0.4 is 14.2 Å². The van der Waals surface area contributed by atoms with Gasteiger partial charge in [-0.1, -0.05) is 11.6 Å². The van der Waals surface area contributed by atoms with Crippen LogP contribution in [0.3, 0.4) is 0 Å². The Morgan fingerprint density at radius 2 is 1.91 bits per heavy atom. The first-order valence-corrected chi connectivity index (χ1v) is 11.2. The molecule has 0 amide bonds. The highest BCUT2D eigenvalue weighted by Crippen LogP contribution is 2.48. The van der Waals surface area contributed by atoms with Crippen LogP contribution in [0.25, 0.3) is 0 Å². The molecule has 34 heavy (non-hydrogen) atoms. The number of hydrogen-bond donors (Lipinski definition) is 4. The van der Waals surface area contributed by atoms with Crippen molar-refractivity contribution < 1.29 is 39.4 Å². The number of carbonyl (C=O) groups excluding carboxylic acids is 1. The fraction of sp³-hybridized carbons (Fsp3) is 0.423. The first-order valence-electron chi connectivity index (χ1n) is 11.2. The smallest absolute Gasteiger partial charge is 0.174 e. The largest absolute Gasteiger partial charge is 0.508 e. The molecular weight excluding hydrogens is 440 g/mol. The molecule has 0 bridgehead atoms. The number of carbonyl (C=O) groups is 1. The van der Waals surface area contributed by atoms with Crippen molar-refractivity contribution in [1.29, 1.82) is 0 Å². The van der Waals surface area contributed by atoms with E-state index >= 15 is 0 Å². The number of hydrogen-bond acceptors (Lipinski definition) is 8. The average molecular weight is 471 g/mol. The predicted molar refractivity (Wildman–Crippen MR) is 124 cm³/mol. The summed E-state index contributed by atoms with van der Waals surface area (Å²) in [4.78, 5) is 12.8. The fourth-order valence-electron chi connectivity index (χ4n) is 4.27. The number of ether oxygens (including phenoxy) is 3. The summed E-state index contributed by atoms with van der Waals surface area (Å²) in [5.74, 6) is -0.143. The Hall–Kier alpha value is -3.23. The molecule has 0 fully saturated rings. The molecule has 182 valence electrons. The lowest BCUT2D eigenvalue weighted by molar-refractivity contribution is -0.112. The van der Waals surface area contributed by atoms with Crippen LogP contribution in [0.5, 0.6) is 28.7 Å². The van der Waals surface area contributed by atoms with Gasteiger partial charge in [0.2, 0.25) is 0 Å². The number of phenolic OH excluding ortho intramolecular Hbond substituents is 2. The van der Waals surface area contributed by atoms with Crippen LogP contribution in [0.15, 0.2) is 35.9 Å². The fourth-order valence-corrected chi connectivity index (χ4v) is 4.27. The van der Waals surface area contributed by atoms with Gasteiger partial charge in [-0.15, -0.1) is 0 Å². The van der Waals surface area contributed by atoms with Crippen LogP contribution in [-0.2, 0) is 0 Å². The van der Waals surface area contributed by atoms with Gasteiger partial charge in [0, 0.05) is 17.7 Å². The van der Waals surface area contributed by atoms with Crippen molar-refractivity contribution in [2.75, 3.05) is 6.61 Å². The zero-order valence-electron chi connectivity index (χ0n) is 19.7. The Labute approximate surface area is 198 Å². The minimum absolute atomic E-state index is 0.0192. The number of phenols is 2. The summed E-state index contributed by atoms with van der Waals surface area (Å²) in [6, 6.07) is 5.70. The van der Waals surface area contributed by atoms with Gasteiger partial charge in [0.05, 0.1) is 13.0 Å². The molecule has 8 nitrogen and oxygen atoms in total. The van der Waals surface area contributed by atoms with Gasteiger partial charge >= 0.3 is 0 Å². The quantitative estimate of drug-likeness (QED) is 0.380. The van der Waals surface area contributed by atoms with Crippen molar-refractivity contribution >= 4 is 5.78 Å². The van der Waals surface area contributed by atoms with E-state index < -0.39 is 23.9 Å². The SMILES string of the molecule is CC(C)=CCCOc1cc(C2CC(=O)c3c(O)cc(O)cc3O2)cc2c1OC(C)(C)C(O)C2O. The Morgan fingerprint density at radius 3 is 2.62 bits per heavy atom. The molecule has 0 aliphatic carbocycles. The second-order valence-corrected chi connectivity index (χ2v) is 9.52. The summed E-state index contributed by atoms with van der Waals surface area (Å²) in [5, 5.41) is 41.4. The molecule has 8 heteroatoms. The highest BCUT2D eigenvalue weighted by Gasteiger charge is 2.44. The first kappa shape index (κ1) is 23.9. The summed E-state index contributed by atoms with van der Waals surface area (Å²) in [6.45, 7) is 7.72. The molecule has 0 aromatic heterocycles. The van der Waals surface area contributed by atoms with E-state index in [1.807, 2.05) is 19.9 Å². The number of rotatable bonds is 5.